The first kappa shape index (κ1) is 9.22. The smallest absolute Gasteiger partial charge is 0.0721 e. The van der Waals surface area contributed by atoms with Crippen LogP contribution in [0.15, 0.2) is 12.3 Å². The quantitative estimate of drug-likeness (QED) is 0.663. The Morgan fingerprint density at radius 3 is 3.08 bits per heavy atom. The second-order valence-corrected chi connectivity index (χ2v) is 2.86. The van der Waals surface area contributed by atoms with Crippen molar-refractivity contribution in [3.63, 3.8) is 0 Å². The molecule has 0 fully saturated rings. The summed E-state index contributed by atoms with van der Waals surface area (Å²) in [5.74, 6) is 0. The van der Waals surface area contributed by atoms with Crippen LogP contribution in [0.1, 0.15) is 18.7 Å². The minimum Gasteiger partial charge on any atom is -0.394 e. The van der Waals surface area contributed by atoms with Crippen molar-refractivity contribution in [2.24, 2.45) is 5.73 Å². The largest absolute Gasteiger partial charge is 0.394 e. The van der Waals surface area contributed by atoms with Gasteiger partial charge in [0.15, 0.2) is 0 Å². The van der Waals surface area contributed by atoms with Crippen molar-refractivity contribution in [3.05, 3.63) is 18.0 Å². The molecule has 0 saturated heterocycles. The van der Waals surface area contributed by atoms with Gasteiger partial charge in [0.05, 0.1) is 18.3 Å². The molecular formula is C8H15N3O. The molecule has 0 aliphatic rings. The van der Waals surface area contributed by atoms with Crippen LogP contribution in [0.25, 0.3) is 0 Å². The molecule has 0 aliphatic heterocycles. The summed E-state index contributed by atoms with van der Waals surface area (Å²) in [5.41, 5.74) is 6.36. The van der Waals surface area contributed by atoms with Crippen molar-refractivity contribution in [2.45, 2.75) is 19.4 Å². The summed E-state index contributed by atoms with van der Waals surface area (Å²) in [6, 6.07) is 1.98. The van der Waals surface area contributed by atoms with Gasteiger partial charge in [-0.25, -0.2) is 0 Å². The molecule has 0 radical (unpaired) electrons. The number of nitrogens with two attached hydrogens (primary N) is 1. The van der Waals surface area contributed by atoms with E-state index < -0.39 is 0 Å². The van der Waals surface area contributed by atoms with Gasteiger partial charge in [-0.15, -0.1) is 0 Å². The van der Waals surface area contributed by atoms with Gasteiger partial charge < -0.3 is 10.8 Å². The van der Waals surface area contributed by atoms with E-state index in [4.69, 9.17) is 10.8 Å². The fourth-order valence-corrected chi connectivity index (χ4v) is 0.988. The zero-order chi connectivity index (χ0) is 8.97. The number of hydrogen-bond donors (Lipinski definition) is 2. The lowest BCUT2D eigenvalue weighted by Gasteiger charge is -2.07. The minimum absolute atomic E-state index is 0.0523. The maximum atomic E-state index is 8.84. The van der Waals surface area contributed by atoms with Crippen molar-refractivity contribution in [1.82, 2.24) is 9.78 Å². The van der Waals surface area contributed by atoms with Crippen LogP contribution < -0.4 is 5.73 Å². The van der Waals surface area contributed by atoms with Crippen molar-refractivity contribution >= 4 is 0 Å². The molecule has 1 aromatic rings. The molecule has 12 heavy (non-hydrogen) atoms. The second kappa shape index (κ2) is 4.23. The maximum absolute atomic E-state index is 8.84. The minimum atomic E-state index is 0.0523. The molecule has 4 nitrogen and oxygen atoms in total. The molecule has 1 unspecified atom stereocenters. The molecule has 0 aliphatic carbocycles. The van der Waals surface area contributed by atoms with E-state index in [1.54, 1.807) is 4.68 Å². The molecule has 0 aromatic carbocycles. The molecule has 0 bridgehead atoms. The fraction of sp³-hybridized carbons (Fsp3) is 0.625. The van der Waals surface area contributed by atoms with Gasteiger partial charge in [-0.1, -0.05) is 0 Å². The van der Waals surface area contributed by atoms with Gasteiger partial charge in [-0.2, -0.15) is 5.10 Å². The third-order valence-electron chi connectivity index (χ3n) is 1.78. The highest BCUT2D eigenvalue weighted by molar-refractivity contribution is 4.99. The third kappa shape index (κ3) is 2.06. The maximum Gasteiger partial charge on any atom is 0.0721 e. The summed E-state index contributed by atoms with van der Waals surface area (Å²) in [6.45, 7) is 2.65. The standard InChI is InChI=1S/C8H15N3O/c1-7(6-12)11-5-3-8(10-11)2-4-9/h3,5,7,12H,2,4,6,9H2,1H3. The van der Waals surface area contributed by atoms with Crippen molar-refractivity contribution in [3.8, 4) is 0 Å². The summed E-state index contributed by atoms with van der Waals surface area (Å²) < 4.78 is 1.75. The highest BCUT2D eigenvalue weighted by Gasteiger charge is 2.03. The van der Waals surface area contributed by atoms with Crippen LogP contribution in [-0.2, 0) is 6.42 Å². The monoisotopic (exact) mass is 169 g/mol. The van der Waals surface area contributed by atoms with Crippen molar-refractivity contribution in [1.29, 1.82) is 0 Å². The van der Waals surface area contributed by atoms with E-state index in [0.29, 0.717) is 6.54 Å². The summed E-state index contributed by atoms with van der Waals surface area (Å²) in [5, 5.41) is 13.1. The van der Waals surface area contributed by atoms with Crippen LogP contribution >= 0.6 is 0 Å². The first-order valence-corrected chi connectivity index (χ1v) is 4.13. The molecule has 68 valence electrons. The molecule has 1 aromatic heterocycles. The summed E-state index contributed by atoms with van der Waals surface area (Å²) in [7, 11) is 0. The number of aliphatic hydroxyl groups excluding tert-OH is 1. The van der Waals surface area contributed by atoms with E-state index in [1.165, 1.54) is 0 Å². The predicted octanol–water partition coefficient (Wildman–Crippen LogP) is -0.0624. The molecule has 4 heteroatoms. The van der Waals surface area contributed by atoms with E-state index in [-0.39, 0.29) is 12.6 Å². The first-order valence-electron chi connectivity index (χ1n) is 4.13. The number of aromatic nitrogens is 2. The Balaban J connectivity index is 2.63. The van der Waals surface area contributed by atoms with E-state index in [1.807, 2.05) is 19.2 Å². The molecule has 0 saturated carbocycles. The number of rotatable bonds is 4. The van der Waals surface area contributed by atoms with Gasteiger partial charge in [0.2, 0.25) is 0 Å². The topological polar surface area (TPSA) is 64.1 Å². The lowest BCUT2D eigenvalue weighted by Crippen LogP contribution is -2.11. The normalized spacial score (nSPS) is 13.2. The van der Waals surface area contributed by atoms with Gasteiger partial charge >= 0.3 is 0 Å². The van der Waals surface area contributed by atoms with Gasteiger partial charge in [0.1, 0.15) is 0 Å². The van der Waals surface area contributed by atoms with E-state index in [9.17, 15) is 0 Å². The van der Waals surface area contributed by atoms with Crippen LogP contribution in [0.5, 0.6) is 0 Å². The SMILES string of the molecule is CC(CO)n1ccc(CCN)n1. The Morgan fingerprint density at radius 1 is 1.75 bits per heavy atom. The van der Waals surface area contributed by atoms with Crippen LogP contribution in [0.3, 0.4) is 0 Å². The van der Waals surface area contributed by atoms with Crippen LogP contribution in [0.4, 0.5) is 0 Å². The third-order valence-corrected chi connectivity index (χ3v) is 1.78. The lowest BCUT2D eigenvalue weighted by atomic mass is 10.3. The van der Waals surface area contributed by atoms with E-state index >= 15 is 0 Å². The fourth-order valence-electron chi connectivity index (χ4n) is 0.988. The van der Waals surface area contributed by atoms with E-state index in [2.05, 4.69) is 5.10 Å². The molecule has 1 heterocycles. The Kier molecular flexibility index (Phi) is 3.25. The Bertz CT molecular complexity index is 234. The Labute approximate surface area is 72.0 Å². The van der Waals surface area contributed by atoms with Gasteiger partial charge in [0, 0.05) is 12.6 Å². The number of nitrogens with zero attached hydrogens (tertiary/aromatic N) is 2. The summed E-state index contributed by atoms with van der Waals surface area (Å²) in [6.07, 6.45) is 2.66. The second-order valence-electron chi connectivity index (χ2n) is 2.86. The predicted molar refractivity (Wildman–Crippen MR) is 46.8 cm³/mol. The van der Waals surface area contributed by atoms with Crippen LogP contribution in [0.2, 0.25) is 0 Å². The zero-order valence-electron chi connectivity index (χ0n) is 7.27. The number of aliphatic hydroxyl groups is 1. The highest BCUT2D eigenvalue weighted by Crippen LogP contribution is 2.04. The molecule has 1 rings (SSSR count). The van der Waals surface area contributed by atoms with E-state index in [0.717, 1.165) is 12.1 Å². The molecule has 1 atom stereocenters. The van der Waals surface area contributed by atoms with Crippen molar-refractivity contribution < 1.29 is 5.11 Å². The Hall–Kier alpha value is -0.870. The average Bonchev–Trinajstić information content (AvgIpc) is 2.52. The van der Waals surface area contributed by atoms with Gasteiger partial charge in [-0.3, -0.25) is 4.68 Å². The zero-order valence-corrected chi connectivity index (χ0v) is 7.27. The van der Waals surface area contributed by atoms with Gasteiger partial charge in [-0.05, 0) is 19.5 Å². The lowest BCUT2D eigenvalue weighted by molar-refractivity contribution is 0.229. The summed E-state index contributed by atoms with van der Waals surface area (Å²) >= 11 is 0. The molecule has 0 amide bonds. The molecular weight excluding hydrogens is 154 g/mol. The molecule has 0 spiro atoms. The average molecular weight is 169 g/mol. The summed E-state index contributed by atoms with van der Waals surface area (Å²) in [4.78, 5) is 0. The van der Waals surface area contributed by atoms with Crippen LogP contribution in [0, 0.1) is 0 Å². The van der Waals surface area contributed by atoms with Crippen molar-refractivity contribution in [2.75, 3.05) is 13.2 Å². The molecule has 3 N–H and O–H groups in total. The first-order chi connectivity index (χ1) is 5.77. The highest BCUT2D eigenvalue weighted by atomic mass is 16.3. The van der Waals surface area contributed by atoms with Gasteiger partial charge in [0.25, 0.3) is 0 Å². The van der Waals surface area contributed by atoms with Crippen LogP contribution in [-0.4, -0.2) is 28.0 Å². The Morgan fingerprint density at radius 2 is 2.50 bits per heavy atom. The number of hydrogen-bond acceptors (Lipinski definition) is 3.